The maximum absolute atomic E-state index is 12.4. The molecule has 1 aliphatic heterocycles. The van der Waals surface area contributed by atoms with Crippen LogP contribution in [0.4, 0.5) is 0 Å². The summed E-state index contributed by atoms with van der Waals surface area (Å²) in [5.41, 5.74) is 4.36. The van der Waals surface area contributed by atoms with Crippen molar-refractivity contribution in [1.82, 2.24) is 14.7 Å². The second kappa shape index (κ2) is 9.22. The molecule has 6 heteroatoms. The van der Waals surface area contributed by atoms with Crippen molar-refractivity contribution in [3.05, 3.63) is 95.3 Å². The van der Waals surface area contributed by atoms with Crippen LogP contribution in [-0.4, -0.2) is 39.7 Å². The van der Waals surface area contributed by atoms with Crippen LogP contribution in [0.1, 0.15) is 22.3 Å². The minimum Gasteiger partial charge on any atom is -0.452 e. The fourth-order valence-electron chi connectivity index (χ4n) is 3.47. The number of hydrogen-bond acceptors (Lipinski definition) is 4. The van der Waals surface area contributed by atoms with Gasteiger partial charge in [-0.15, -0.1) is 0 Å². The summed E-state index contributed by atoms with van der Waals surface area (Å²) in [6.45, 7) is 1.61. The fourth-order valence-corrected chi connectivity index (χ4v) is 3.47. The summed E-state index contributed by atoms with van der Waals surface area (Å²) >= 11 is 0. The normalized spacial score (nSPS) is 13.3. The van der Waals surface area contributed by atoms with Crippen LogP contribution in [0.25, 0.3) is 6.08 Å². The van der Waals surface area contributed by atoms with Crippen LogP contribution >= 0.6 is 0 Å². The second-order valence-corrected chi connectivity index (χ2v) is 7.23. The van der Waals surface area contributed by atoms with Crippen molar-refractivity contribution in [2.45, 2.75) is 19.5 Å². The van der Waals surface area contributed by atoms with Crippen molar-refractivity contribution in [3.63, 3.8) is 0 Å². The molecule has 0 saturated carbocycles. The van der Waals surface area contributed by atoms with E-state index in [9.17, 15) is 9.59 Å². The SMILES string of the molecule is O=C(/C=C/c1cnn(Cc2ccccc2)c1)OCC(=O)N1CCc2ccccc2C1. The molecule has 0 fully saturated rings. The minimum atomic E-state index is -0.545. The van der Waals surface area contributed by atoms with Gasteiger partial charge in [0.2, 0.25) is 0 Å². The molecule has 1 aromatic heterocycles. The quantitative estimate of drug-likeness (QED) is 0.470. The van der Waals surface area contributed by atoms with Crippen LogP contribution in [0.3, 0.4) is 0 Å². The Hall–Kier alpha value is -3.67. The fraction of sp³-hybridized carbons (Fsp3) is 0.208. The average molecular weight is 401 g/mol. The van der Waals surface area contributed by atoms with Gasteiger partial charge in [-0.3, -0.25) is 9.48 Å². The molecule has 30 heavy (non-hydrogen) atoms. The highest BCUT2D eigenvalue weighted by Gasteiger charge is 2.20. The molecule has 0 bridgehead atoms. The number of carbonyl (C=O) groups excluding carboxylic acids is 2. The van der Waals surface area contributed by atoms with Crippen LogP contribution in [0.5, 0.6) is 0 Å². The molecule has 0 aliphatic carbocycles. The number of fused-ring (bicyclic) bond motifs is 1. The monoisotopic (exact) mass is 401 g/mol. The van der Waals surface area contributed by atoms with Crippen LogP contribution in [-0.2, 0) is 33.8 Å². The van der Waals surface area contributed by atoms with Gasteiger partial charge in [-0.2, -0.15) is 5.10 Å². The van der Waals surface area contributed by atoms with Gasteiger partial charge in [0.15, 0.2) is 6.61 Å². The molecule has 0 radical (unpaired) electrons. The van der Waals surface area contributed by atoms with Gasteiger partial charge < -0.3 is 9.64 Å². The van der Waals surface area contributed by atoms with E-state index in [1.807, 2.05) is 54.7 Å². The van der Waals surface area contributed by atoms with Crippen LogP contribution < -0.4 is 0 Å². The first-order valence-corrected chi connectivity index (χ1v) is 9.93. The number of rotatable bonds is 6. The largest absolute Gasteiger partial charge is 0.452 e. The van der Waals surface area contributed by atoms with E-state index in [4.69, 9.17) is 4.74 Å². The summed E-state index contributed by atoms with van der Waals surface area (Å²) in [6, 6.07) is 18.1. The number of nitrogens with zero attached hydrogens (tertiary/aromatic N) is 3. The van der Waals surface area contributed by atoms with Gasteiger partial charge in [0, 0.05) is 30.9 Å². The highest BCUT2D eigenvalue weighted by Crippen LogP contribution is 2.18. The lowest BCUT2D eigenvalue weighted by Crippen LogP contribution is -2.38. The number of ether oxygens (including phenoxy) is 1. The molecule has 2 aromatic carbocycles. The maximum atomic E-state index is 12.4. The molecule has 0 unspecified atom stereocenters. The number of amides is 1. The molecule has 152 valence electrons. The summed E-state index contributed by atoms with van der Waals surface area (Å²) in [5.74, 6) is -0.724. The van der Waals surface area contributed by atoms with E-state index in [0.717, 1.165) is 23.1 Å². The van der Waals surface area contributed by atoms with Gasteiger partial charge in [-0.05, 0) is 29.2 Å². The Balaban J connectivity index is 1.25. The molecule has 1 amide bonds. The number of benzene rings is 2. The van der Waals surface area contributed by atoms with E-state index in [0.29, 0.717) is 19.6 Å². The van der Waals surface area contributed by atoms with Gasteiger partial charge >= 0.3 is 5.97 Å². The molecular formula is C24H23N3O3. The molecule has 3 aromatic rings. The molecule has 2 heterocycles. The third-order valence-electron chi connectivity index (χ3n) is 5.07. The standard InChI is InChI=1S/C24H23N3O3/c28-23(26-13-12-21-8-4-5-9-22(21)17-26)18-30-24(29)11-10-20-14-25-27(16-20)15-19-6-2-1-3-7-19/h1-11,14,16H,12-13,15,17-18H2/b11-10+. The van der Waals surface area contributed by atoms with Crippen molar-refractivity contribution >= 4 is 18.0 Å². The van der Waals surface area contributed by atoms with Crippen molar-refractivity contribution in [2.24, 2.45) is 0 Å². The van der Waals surface area contributed by atoms with E-state index in [2.05, 4.69) is 11.2 Å². The Morgan fingerprint density at radius 3 is 2.63 bits per heavy atom. The number of esters is 1. The summed E-state index contributed by atoms with van der Waals surface area (Å²) in [7, 11) is 0. The molecule has 4 rings (SSSR count). The number of hydrogen-bond donors (Lipinski definition) is 0. The second-order valence-electron chi connectivity index (χ2n) is 7.23. The highest BCUT2D eigenvalue weighted by atomic mass is 16.5. The van der Waals surface area contributed by atoms with Gasteiger partial charge in [-0.25, -0.2) is 4.79 Å². The number of carbonyl (C=O) groups is 2. The average Bonchev–Trinajstić information content (AvgIpc) is 3.23. The Morgan fingerprint density at radius 1 is 1.03 bits per heavy atom. The van der Waals surface area contributed by atoms with E-state index in [1.54, 1.807) is 21.9 Å². The van der Waals surface area contributed by atoms with Gasteiger partial charge in [0.1, 0.15) is 0 Å². The van der Waals surface area contributed by atoms with Crippen molar-refractivity contribution in [1.29, 1.82) is 0 Å². The van der Waals surface area contributed by atoms with Crippen molar-refractivity contribution < 1.29 is 14.3 Å². The lowest BCUT2D eigenvalue weighted by atomic mass is 10.00. The first-order valence-electron chi connectivity index (χ1n) is 9.93. The maximum Gasteiger partial charge on any atom is 0.331 e. The first-order chi connectivity index (χ1) is 14.7. The molecule has 0 saturated heterocycles. The Morgan fingerprint density at radius 2 is 1.80 bits per heavy atom. The molecule has 0 atom stereocenters. The summed E-state index contributed by atoms with van der Waals surface area (Å²) in [5, 5.41) is 4.30. The van der Waals surface area contributed by atoms with Gasteiger partial charge in [0.25, 0.3) is 5.91 Å². The van der Waals surface area contributed by atoms with E-state index < -0.39 is 5.97 Å². The summed E-state index contributed by atoms with van der Waals surface area (Å²) < 4.78 is 6.93. The van der Waals surface area contributed by atoms with Crippen LogP contribution in [0.2, 0.25) is 0 Å². The zero-order valence-corrected chi connectivity index (χ0v) is 16.6. The van der Waals surface area contributed by atoms with Gasteiger partial charge in [0.05, 0.1) is 12.7 Å². The minimum absolute atomic E-state index is 0.179. The Labute approximate surface area is 175 Å². The predicted molar refractivity (Wildman–Crippen MR) is 113 cm³/mol. The van der Waals surface area contributed by atoms with E-state index in [-0.39, 0.29) is 12.5 Å². The molecule has 0 N–H and O–H groups in total. The molecule has 1 aliphatic rings. The van der Waals surface area contributed by atoms with E-state index >= 15 is 0 Å². The lowest BCUT2D eigenvalue weighted by Gasteiger charge is -2.28. The number of aromatic nitrogens is 2. The summed E-state index contributed by atoms with van der Waals surface area (Å²) in [4.78, 5) is 26.1. The lowest BCUT2D eigenvalue weighted by molar-refractivity contribution is -0.148. The van der Waals surface area contributed by atoms with Crippen molar-refractivity contribution in [3.8, 4) is 0 Å². The third kappa shape index (κ3) is 5.03. The molecule has 0 spiro atoms. The Bertz CT molecular complexity index is 1060. The van der Waals surface area contributed by atoms with Crippen LogP contribution in [0.15, 0.2) is 73.1 Å². The molecule has 6 nitrogen and oxygen atoms in total. The zero-order valence-electron chi connectivity index (χ0n) is 16.6. The van der Waals surface area contributed by atoms with Gasteiger partial charge in [-0.1, -0.05) is 54.6 Å². The first kappa shape index (κ1) is 19.6. The molecular weight excluding hydrogens is 378 g/mol. The predicted octanol–water partition coefficient (Wildman–Crippen LogP) is 3.07. The Kier molecular flexibility index (Phi) is 6.03. The van der Waals surface area contributed by atoms with Crippen molar-refractivity contribution in [2.75, 3.05) is 13.2 Å². The zero-order chi connectivity index (χ0) is 20.8. The highest BCUT2D eigenvalue weighted by molar-refractivity contribution is 5.89. The third-order valence-corrected chi connectivity index (χ3v) is 5.07. The topological polar surface area (TPSA) is 64.4 Å². The summed E-state index contributed by atoms with van der Waals surface area (Å²) in [6.07, 6.45) is 7.32. The van der Waals surface area contributed by atoms with E-state index in [1.165, 1.54) is 11.6 Å². The smallest absolute Gasteiger partial charge is 0.331 e. The van der Waals surface area contributed by atoms with Crippen LogP contribution in [0, 0.1) is 0 Å².